The molecule has 0 aromatic heterocycles. The van der Waals surface area contributed by atoms with Crippen molar-refractivity contribution in [2.24, 2.45) is 5.92 Å². The van der Waals surface area contributed by atoms with Crippen molar-refractivity contribution in [1.29, 1.82) is 0 Å². The Kier molecular flexibility index (Phi) is 8.26. The van der Waals surface area contributed by atoms with Crippen LogP contribution in [0.5, 0.6) is 5.75 Å². The fourth-order valence-electron chi connectivity index (χ4n) is 1.82. The summed E-state index contributed by atoms with van der Waals surface area (Å²) >= 11 is 0. The SMILES string of the molecule is CNCc1ccc(OCCOCCCC(C)C)cc1. The lowest BCUT2D eigenvalue weighted by Gasteiger charge is -2.08. The molecular weight excluding hydrogens is 238 g/mol. The minimum atomic E-state index is 0.618. The van der Waals surface area contributed by atoms with Gasteiger partial charge in [0.05, 0.1) is 6.61 Å². The highest BCUT2D eigenvalue weighted by Gasteiger charge is 1.96. The van der Waals surface area contributed by atoms with E-state index < -0.39 is 0 Å². The monoisotopic (exact) mass is 265 g/mol. The fraction of sp³-hybridized carbons (Fsp3) is 0.625. The Labute approximate surface area is 117 Å². The summed E-state index contributed by atoms with van der Waals surface area (Å²) in [6, 6.07) is 8.17. The van der Waals surface area contributed by atoms with Crippen LogP contribution in [0.4, 0.5) is 0 Å². The van der Waals surface area contributed by atoms with E-state index in [-0.39, 0.29) is 0 Å². The van der Waals surface area contributed by atoms with E-state index in [1.807, 2.05) is 19.2 Å². The number of benzene rings is 1. The van der Waals surface area contributed by atoms with Crippen molar-refractivity contribution in [2.45, 2.75) is 33.2 Å². The highest BCUT2D eigenvalue weighted by molar-refractivity contribution is 5.27. The first-order valence-corrected chi connectivity index (χ1v) is 7.16. The van der Waals surface area contributed by atoms with Gasteiger partial charge in [-0.1, -0.05) is 26.0 Å². The van der Waals surface area contributed by atoms with Crippen LogP contribution in [0.1, 0.15) is 32.3 Å². The minimum absolute atomic E-state index is 0.618. The Hall–Kier alpha value is -1.06. The molecule has 0 aliphatic heterocycles. The third kappa shape index (κ3) is 7.85. The van der Waals surface area contributed by atoms with Gasteiger partial charge < -0.3 is 14.8 Å². The van der Waals surface area contributed by atoms with Crippen LogP contribution in [0.25, 0.3) is 0 Å². The molecule has 1 aromatic rings. The molecule has 108 valence electrons. The van der Waals surface area contributed by atoms with Gasteiger partial charge in [0.2, 0.25) is 0 Å². The van der Waals surface area contributed by atoms with E-state index in [1.165, 1.54) is 12.0 Å². The quantitative estimate of drug-likeness (QED) is 0.659. The summed E-state index contributed by atoms with van der Waals surface area (Å²) in [6.07, 6.45) is 2.37. The molecule has 0 bridgehead atoms. The molecule has 19 heavy (non-hydrogen) atoms. The number of rotatable bonds is 10. The molecule has 0 fully saturated rings. The normalized spacial score (nSPS) is 10.9. The lowest BCUT2D eigenvalue weighted by molar-refractivity contribution is 0.0957. The van der Waals surface area contributed by atoms with E-state index in [9.17, 15) is 0 Å². The van der Waals surface area contributed by atoms with Gasteiger partial charge in [0.25, 0.3) is 0 Å². The largest absolute Gasteiger partial charge is 0.491 e. The molecule has 0 unspecified atom stereocenters. The van der Waals surface area contributed by atoms with E-state index in [1.54, 1.807) is 0 Å². The van der Waals surface area contributed by atoms with Gasteiger partial charge in [-0.25, -0.2) is 0 Å². The molecule has 0 amide bonds. The first-order chi connectivity index (χ1) is 9.22. The molecule has 1 rings (SSSR count). The third-order valence-electron chi connectivity index (χ3n) is 2.87. The van der Waals surface area contributed by atoms with Crippen LogP contribution in [0.15, 0.2) is 24.3 Å². The van der Waals surface area contributed by atoms with Gasteiger partial charge in [0.1, 0.15) is 12.4 Å². The Morgan fingerprint density at radius 1 is 1.05 bits per heavy atom. The van der Waals surface area contributed by atoms with E-state index in [0.29, 0.717) is 13.2 Å². The van der Waals surface area contributed by atoms with Crippen molar-refractivity contribution in [3.8, 4) is 5.75 Å². The van der Waals surface area contributed by atoms with Gasteiger partial charge in [0.15, 0.2) is 0 Å². The highest BCUT2D eigenvalue weighted by atomic mass is 16.5. The Morgan fingerprint density at radius 2 is 1.79 bits per heavy atom. The van der Waals surface area contributed by atoms with Gasteiger partial charge in [0, 0.05) is 13.2 Å². The lowest BCUT2D eigenvalue weighted by Crippen LogP contribution is -2.08. The predicted molar refractivity (Wildman–Crippen MR) is 79.6 cm³/mol. The topological polar surface area (TPSA) is 30.5 Å². The van der Waals surface area contributed by atoms with Crippen LogP contribution in [0.3, 0.4) is 0 Å². The summed E-state index contributed by atoms with van der Waals surface area (Å²) in [7, 11) is 1.95. The molecule has 0 spiro atoms. The first kappa shape index (κ1) is 16.0. The Balaban J connectivity index is 2.05. The number of hydrogen-bond acceptors (Lipinski definition) is 3. The molecule has 0 aliphatic rings. The molecule has 0 aliphatic carbocycles. The second-order valence-electron chi connectivity index (χ2n) is 5.17. The molecule has 0 saturated carbocycles. The summed E-state index contributed by atoms with van der Waals surface area (Å²) in [5.74, 6) is 1.67. The maximum absolute atomic E-state index is 5.62. The van der Waals surface area contributed by atoms with E-state index in [0.717, 1.165) is 31.2 Å². The zero-order valence-electron chi connectivity index (χ0n) is 12.4. The zero-order valence-corrected chi connectivity index (χ0v) is 12.4. The summed E-state index contributed by atoms with van der Waals surface area (Å²) in [4.78, 5) is 0. The fourth-order valence-corrected chi connectivity index (χ4v) is 1.82. The molecule has 1 N–H and O–H groups in total. The van der Waals surface area contributed by atoms with Crippen molar-refractivity contribution in [2.75, 3.05) is 26.9 Å². The molecule has 1 aromatic carbocycles. The highest BCUT2D eigenvalue weighted by Crippen LogP contribution is 2.11. The van der Waals surface area contributed by atoms with Crippen LogP contribution < -0.4 is 10.1 Å². The van der Waals surface area contributed by atoms with Crippen molar-refractivity contribution in [3.63, 3.8) is 0 Å². The number of nitrogens with one attached hydrogen (secondary N) is 1. The van der Waals surface area contributed by atoms with Gasteiger partial charge in [-0.05, 0) is 43.5 Å². The first-order valence-electron chi connectivity index (χ1n) is 7.16. The minimum Gasteiger partial charge on any atom is -0.491 e. The van der Waals surface area contributed by atoms with Crippen LogP contribution in [-0.4, -0.2) is 26.9 Å². The van der Waals surface area contributed by atoms with Crippen LogP contribution >= 0.6 is 0 Å². The summed E-state index contributed by atoms with van der Waals surface area (Å²) in [6.45, 7) is 7.48. The van der Waals surface area contributed by atoms with Crippen molar-refractivity contribution in [1.82, 2.24) is 5.32 Å². The smallest absolute Gasteiger partial charge is 0.119 e. The van der Waals surface area contributed by atoms with Crippen LogP contribution in [0, 0.1) is 5.92 Å². The number of ether oxygens (including phenoxy) is 2. The molecule has 3 heteroatoms. The maximum atomic E-state index is 5.62. The summed E-state index contributed by atoms with van der Waals surface area (Å²) in [5, 5.41) is 3.12. The van der Waals surface area contributed by atoms with Crippen molar-refractivity contribution >= 4 is 0 Å². The molecule has 0 saturated heterocycles. The average Bonchev–Trinajstić information content (AvgIpc) is 2.39. The molecule has 3 nitrogen and oxygen atoms in total. The van der Waals surface area contributed by atoms with Gasteiger partial charge >= 0.3 is 0 Å². The van der Waals surface area contributed by atoms with Crippen LogP contribution in [0.2, 0.25) is 0 Å². The molecule has 0 atom stereocenters. The average molecular weight is 265 g/mol. The molecule has 0 heterocycles. The lowest BCUT2D eigenvalue weighted by atomic mass is 10.1. The van der Waals surface area contributed by atoms with Crippen LogP contribution in [-0.2, 0) is 11.3 Å². The Morgan fingerprint density at radius 3 is 2.42 bits per heavy atom. The van der Waals surface area contributed by atoms with Gasteiger partial charge in [-0.2, -0.15) is 0 Å². The maximum Gasteiger partial charge on any atom is 0.119 e. The molecule has 0 radical (unpaired) electrons. The predicted octanol–water partition coefficient (Wildman–Crippen LogP) is 3.24. The van der Waals surface area contributed by atoms with E-state index >= 15 is 0 Å². The standard InChI is InChI=1S/C16H27NO2/c1-14(2)5-4-10-18-11-12-19-16-8-6-15(7-9-16)13-17-3/h6-9,14,17H,4-5,10-13H2,1-3H3. The van der Waals surface area contributed by atoms with Crippen molar-refractivity contribution < 1.29 is 9.47 Å². The third-order valence-corrected chi connectivity index (χ3v) is 2.87. The van der Waals surface area contributed by atoms with E-state index in [4.69, 9.17) is 9.47 Å². The van der Waals surface area contributed by atoms with Crippen molar-refractivity contribution in [3.05, 3.63) is 29.8 Å². The second kappa shape index (κ2) is 9.82. The summed E-state index contributed by atoms with van der Waals surface area (Å²) in [5.41, 5.74) is 1.26. The number of hydrogen-bond donors (Lipinski definition) is 1. The van der Waals surface area contributed by atoms with Gasteiger partial charge in [-0.3, -0.25) is 0 Å². The molecular formula is C16H27NO2. The summed E-state index contributed by atoms with van der Waals surface area (Å²) < 4.78 is 11.2. The Bertz CT molecular complexity index is 322. The van der Waals surface area contributed by atoms with Gasteiger partial charge in [-0.15, -0.1) is 0 Å². The second-order valence-corrected chi connectivity index (χ2v) is 5.17. The van der Waals surface area contributed by atoms with E-state index in [2.05, 4.69) is 31.3 Å². The zero-order chi connectivity index (χ0) is 13.9.